The zero-order valence-electron chi connectivity index (χ0n) is 64.1. The number of aromatic nitrogens is 6. The zero-order chi connectivity index (χ0) is 82.2. The molecule has 1 aliphatic heterocycles. The predicted octanol–water partition coefficient (Wildman–Crippen LogP) is 13.2. The molecule has 0 spiro atoms. The van der Waals surface area contributed by atoms with Crippen molar-refractivity contribution < 1.29 is 74.3 Å². The number of amides is 3. The van der Waals surface area contributed by atoms with E-state index in [0.29, 0.717) is 65.6 Å². The molecule has 1 aliphatic rings. The van der Waals surface area contributed by atoms with Crippen molar-refractivity contribution in [3.05, 3.63) is 250 Å². The number of rotatable bonds is 14. The third-order valence-electron chi connectivity index (χ3n) is 18.8. The Bertz CT molecular complexity index is 5880. The number of benzene rings is 6. The molecule has 582 valence electrons. The average Bonchev–Trinajstić information content (AvgIpc) is 1.14. The van der Waals surface area contributed by atoms with Gasteiger partial charge in [-0.3, -0.25) is 38.4 Å². The molecule has 25 nitrogen and oxygen atoms in total. The number of nitrogens with zero attached hydrogens (tertiary/aromatic N) is 6. The first-order valence-corrected chi connectivity index (χ1v) is 35.8. The van der Waals surface area contributed by atoms with Crippen LogP contribution in [0.3, 0.4) is 0 Å². The summed E-state index contributed by atoms with van der Waals surface area (Å²) in [5, 5.41) is 23.9. The number of ether oxygens (including phenoxy) is 2. The highest BCUT2D eigenvalue weighted by molar-refractivity contribution is 9.10. The van der Waals surface area contributed by atoms with Crippen molar-refractivity contribution in [2.24, 2.45) is 17.2 Å². The Kier molecular flexibility index (Phi) is 23.8. The van der Waals surface area contributed by atoms with Crippen LogP contribution in [-0.4, -0.2) is 82.4 Å². The Balaban J connectivity index is 0.000000168. The lowest BCUT2D eigenvalue weighted by Gasteiger charge is -2.32. The highest BCUT2D eigenvalue weighted by Crippen LogP contribution is 2.39. The number of fused-ring (bicyclic) bond motifs is 3. The minimum absolute atomic E-state index is 0.0352. The lowest BCUT2D eigenvalue weighted by Crippen LogP contribution is -2.41. The standard InChI is InChI=1S/C27H32BFN2O5.C26H24FN3O5.C24H22FN3O4.C5H4BrNO2/c1-16(32)34-15-19-20(28-35-26(5,6)27(7,8)36-28)10-9-11-22(19)31-24(33)23-17(14-30-31)12-18(13-21(23)29)25(2,3)4;1-14(31)34-13-18-17(21-8-9-22(35-21)24(28)32)6-5-7-20(18)30-25(33)23-15(12-29-30)10-16(11-19(23)27)26(2,3)4;1-24(2,3)14-9-13-11-27-28(23(31)21(13)17(25)10-14)18-6-4-5-15(16(18)12-29)19-7-8-20(32-19)22(26)30;6-4-2-1-3(9-4)5(7)8/h9-14H,15H2,1-8H3;5-12H,13H2,1-4H3,(H2,28,32);4-11,29H,12H2,1-3H3,(H2,26,30);1-2H,(H2,7,8). The van der Waals surface area contributed by atoms with Crippen LogP contribution >= 0.6 is 15.9 Å². The van der Waals surface area contributed by atoms with Gasteiger partial charge in [0.1, 0.15) is 42.2 Å². The topological polar surface area (TPSA) is 365 Å². The first kappa shape index (κ1) is 82.6. The number of primary amides is 3. The molecule has 0 aliphatic carbocycles. The number of halogens is 4. The monoisotopic (exact) mass is 1600 g/mol. The fourth-order valence-corrected chi connectivity index (χ4v) is 12.3. The summed E-state index contributed by atoms with van der Waals surface area (Å²) in [5.74, 6) is -4.29. The number of hydrogen-bond acceptors (Lipinski definition) is 19. The highest BCUT2D eigenvalue weighted by Gasteiger charge is 2.52. The molecule has 13 rings (SSSR count). The van der Waals surface area contributed by atoms with E-state index >= 15 is 8.78 Å². The van der Waals surface area contributed by atoms with Crippen molar-refractivity contribution in [2.45, 2.75) is 151 Å². The van der Waals surface area contributed by atoms with Gasteiger partial charge in [-0.25, -0.2) is 13.2 Å². The van der Waals surface area contributed by atoms with Gasteiger partial charge in [-0.2, -0.15) is 29.3 Å². The van der Waals surface area contributed by atoms with E-state index in [1.807, 2.05) is 90.0 Å². The largest absolute Gasteiger partial charge is 0.495 e. The summed E-state index contributed by atoms with van der Waals surface area (Å²) >= 11 is 3.03. The maximum atomic E-state index is 15.2. The van der Waals surface area contributed by atoms with Gasteiger partial charge in [0.25, 0.3) is 34.4 Å². The molecule has 112 heavy (non-hydrogen) atoms. The van der Waals surface area contributed by atoms with Gasteiger partial charge in [0.2, 0.25) is 0 Å². The molecular formula is C82H82BBrF3N9O16. The maximum absolute atomic E-state index is 15.2. The summed E-state index contributed by atoms with van der Waals surface area (Å²) in [6, 6.07) is 33.5. The average molecular weight is 1600 g/mol. The number of furan rings is 3. The minimum atomic E-state index is -0.761. The van der Waals surface area contributed by atoms with Crippen molar-refractivity contribution in [1.29, 1.82) is 0 Å². The van der Waals surface area contributed by atoms with Crippen molar-refractivity contribution >= 4 is 90.5 Å². The van der Waals surface area contributed by atoms with E-state index in [0.717, 1.165) is 30.7 Å². The number of aliphatic hydroxyl groups is 1. The second kappa shape index (κ2) is 32.2. The van der Waals surface area contributed by atoms with Crippen LogP contribution in [0.2, 0.25) is 0 Å². The van der Waals surface area contributed by atoms with Crippen molar-refractivity contribution in [3.63, 3.8) is 0 Å². The van der Waals surface area contributed by atoms with Gasteiger partial charge in [-0.15, -0.1) is 0 Å². The van der Waals surface area contributed by atoms with E-state index in [9.17, 15) is 47.9 Å². The number of carbonyl (C=O) groups is 5. The Morgan fingerprint density at radius 2 is 0.812 bits per heavy atom. The molecule has 6 aromatic heterocycles. The normalized spacial score (nSPS) is 13.2. The van der Waals surface area contributed by atoms with E-state index in [1.165, 1.54) is 68.8 Å². The Hall–Kier alpha value is -11.9. The molecule has 7 heterocycles. The fourth-order valence-electron chi connectivity index (χ4n) is 12.0. The van der Waals surface area contributed by atoms with Crippen LogP contribution in [0.4, 0.5) is 13.2 Å². The molecule has 0 atom stereocenters. The van der Waals surface area contributed by atoms with E-state index < -0.39 is 88.7 Å². The van der Waals surface area contributed by atoms with E-state index in [2.05, 4.69) is 31.2 Å². The summed E-state index contributed by atoms with van der Waals surface area (Å²) in [5.41, 5.74) is 17.3. The first-order valence-electron chi connectivity index (χ1n) is 35.0. The highest BCUT2D eigenvalue weighted by atomic mass is 79.9. The van der Waals surface area contributed by atoms with Crippen LogP contribution in [0, 0.1) is 17.5 Å². The van der Waals surface area contributed by atoms with Crippen LogP contribution < -0.4 is 39.3 Å². The minimum Gasteiger partial charge on any atom is -0.461 e. The van der Waals surface area contributed by atoms with Gasteiger partial charge >= 0.3 is 19.1 Å². The molecule has 1 saturated heterocycles. The summed E-state index contributed by atoms with van der Waals surface area (Å²) in [6.07, 6.45) is 4.34. The Morgan fingerprint density at radius 1 is 0.482 bits per heavy atom. The second-order valence-electron chi connectivity index (χ2n) is 30.4. The van der Waals surface area contributed by atoms with Crippen molar-refractivity contribution in [2.75, 3.05) is 0 Å². The maximum Gasteiger partial charge on any atom is 0.495 e. The van der Waals surface area contributed by atoms with Crippen LogP contribution in [0.1, 0.15) is 169 Å². The van der Waals surface area contributed by atoms with Gasteiger partial charge in [-0.1, -0.05) is 98.7 Å². The third-order valence-corrected chi connectivity index (χ3v) is 19.3. The molecule has 7 N–H and O–H groups in total. The predicted molar refractivity (Wildman–Crippen MR) is 418 cm³/mol. The first-order chi connectivity index (χ1) is 52.4. The molecule has 30 heteroatoms. The van der Waals surface area contributed by atoms with Crippen LogP contribution in [-0.2, 0) is 64.4 Å². The van der Waals surface area contributed by atoms with Gasteiger partial charge in [-0.05, 0) is 173 Å². The summed E-state index contributed by atoms with van der Waals surface area (Å²) in [7, 11) is -0.761. The van der Waals surface area contributed by atoms with Gasteiger partial charge in [0.15, 0.2) is 22.0 Å². The number of hydrogen-bond donors (Lipinski definition) is 4. The molecule has 1 fully saturated rings. The molecule has 12 aromatic rings. The number of aliphatic hydroxyl groups excluding tert-OH is 1. The summed E-state index contributed by atoms with van der Waals surface area (Å²) in [4.78, 5) is 96.6. The lowest BCUT2D eigenvalue weighted by atomic mass is 9.75. The molecule has 0 bridgehead atoms. The van der Waals surface area contributed by atoms with Gasteiger partial charge in [0, 0.05) is 57.8 Å². The molecule has 6 aromatic carbocycles. The van der Waals surface area contributed by atoms with Gasteiger partial charge < -0.3 is 54.3 Å². The fraction of sp³-hybridized carbons (Fsp3) is 0.280. The van der Waals surface area contributed by atoms with Crippen LogP contribution in [0.25, 0.3) is 72.0 Å². The molecule has 3 amide bonds. The van der Waals surface area contributed by atoms with Crippen LogP contribution in [0.15, 0.2) is 178 Å². The van der Waals surface area contributed by atoms with Crippen molar-refractivity contribution in [3.8, 4) is 39.7 Å². The SMILES string of the molecule is CC(=O)OCc1c(-c2ccc(C(N)=O)o2)cccc1-n1ncc2cc(C(C)(C)C)cc(F)c2c1=O.CC(=O)OCc1c(B2OC(C)(C)C(C)(C)O2)cccc1-n1ncc2cc(C(C)(C)C)cc(F)c2c1=O.CC(C)(C)c1cc(F)c2c(=O)n(-c3cccc(-c4ccc(C(N)=O)o4)c3CO)ncc2c1.NC(=O)c1ccc(Br)o1. The molecule has 0 unspecified atom stereocenters. The molecule has 0 radical (unpaired) electrons. The van der Waals surface area contributed by atoms with E-state index in [4.69, 9.17) is 49.2 Å². The smallest absolute Gasteiger partial charge is 0.461 e. The quantitative estimate of drug-likeness (QED) is 0.0580. The van der Waals surface area contributed by atoms with Crippen molar-refractivity contribution in [1.82, 2.24) is 29.3 Å². The second-order valence-corrected chi connectivity index (χ2v) is 31.2. The third kappa shape index (κ3) is 17.6. The molecular weight excluding hydrogens is 1510 g/mol. The van der Waals surface area contributed by atoms with Gasteiger partial charge in [0.05, 0.1) is 69.6 Å². The van der Waals surface area contributed by atoms with E-state index in [1.54, 1.807) is 91.0 Å². The number of carbonyl (C=O) groups excluding carboxylic acids is 5. The summed E-state index contributed by atoms with van der Waals surface area (Å²) in [6.45, 7) is 27.2. The number of nitrogens with two attached hydrogens (primary N) is 3. The number of esters is 2. The van der Waals surface area contributed by atoms with E-state index in [-0.39, 0.29) is 80.0 Å². The lowest BCUT2D eigenvalue weighted by molar-refractivity contribution is -0.143. The zero-order valence-corrected chi connectivity index (χ0v) is 65.6. The summed E-state index contributed by atoms with van der Waals surface area (Å²) < 4.78 is 87.9. The molecule has 0 saturated carbocycles. The Morgan fingerprint density at radius 3 is 1.13 bits per heavy atom. The Labute approximate surface area is 648 Å². The van der Waals surface area contributed by atoms with Crippen LogP contribution in [0.5, 0.6) is 0 Å².